The first-order valence-corrected chi connectivity index (χ1v) is 7.95. The number of hydrogen-bond acceptors (Lipinski definition) is 1. The Labute approximate surface area is 140 Å². The quantitative estimate of drug-likeness (QED) is 0.653. The molecule has 0 heterocycles. The van der Waals surface area contributed by atoms with Crippen LogP contribution in [0.25, 0.3) is 11.1 Å². The van der Waals surface area contributed by atoms with Gasteiger partial charge in [0.1, 0.15) is 5.75 Å². The predicted octanol–water partition coefficient (Wildman–Crippen LogP) is 6.18. The molecule has 2 aromatic rings. The maximum atomic E-state index is 6.68. The zero-order valence-electron chi connectivity index (χ0n) is 12.3. The largest absolute Gasteiger partial charge is 0.497 e. The first kappa shape index (κ1) is 15.2. The van der Waals surface area contributed by atoms with Gasteiger partial charge in [-0.2, -0.15) is 0 Å². The van der Waals surface area contributed by atoms with Gasteiger partial charge in [-0.15, -0.1) is 0 Å². The molecule has 0 unspecified atom stereocenters. The summed E-state index contributed by atoms with van der Waals surface area (Å²) < 4.78 is 5.21. The molecule has 0 spiro atoms. The highest BCUT2D eigenvalue weighted by atomic mass is 35.5. The molecule has 2 aromatic carbocycles. The van der Waals surface area contributed by atoms with Crippen molar-refractivity contribution in [3.63, 3.8) is 0 Å². The molecule has 0 amide bonds. The summed E-state index contributed by atoms with van der Waals surface area (Å²) in [6, 6.07) is 15.8. The second-order valence-corrected chi connectivity index (χ2v) is 5.94. The third-order valence-electron chi connectivity index (χ3n) is 3.85. The Bertz CT molecular complexity index is 742. The van der Waals surface area contributed by atoms with Gasteiger partial charge in [0.05, 0.1) is 12.1 Å². The van der Waals surface area contributed by atoms with E-state index in [4.69, 9.17) is 27.9 Å². The Hall–Kier alpha value is -1.70. The average Bonchev–Trinajstić information content (AvgIpc) is 2.56. The van der Waals surface area contributed by atoms with Crippen LogP contribution < -0.4 is 4.74 Å². The predicted molar refractivity (Wildman–Crippen MR) is 94.4 cm³/mol. The number of hydrogen-bond donors (Lipinski definition) is 0. The van der Waals surface area contributed by atoms with Crippen molar-refractivity contribution in [3.05, 3.63) is 75.8 Å². The molecule has 0 bridgehead atoms. The number of benzene rings is 2. The van der Waals surface area contributed by atoms with Crippen molar-refractivity contribution >= 4 is 34.3 Å². The molecule has 1 aliphatic rings. The summed E-state index contributed by atoms with van der Waals surface area (Å²) in [6.45, 7) is 0. The zero-order valence-corrected chi connectivity index (χ0v) is 13.8. The lowest BCUT2D eigenvalue weighted by Gasteiger charge is -2.19. The van der Waals surface area contributed by atoms with E-state index in [1.165, 1.54) is 0 Å². The van der Waals surface area contributed by atoms with Crippen molar-refractivity contribution in [1.29, 1.82) is 0 Å². The summed E-state index contributed by atoms with van der Waals surface area (Å²) >= 11 is 13.0. The van der Waals surface area contributed by atoms with E-state index in [1.54, 1.807) is 7.11 Å². The van der Waals surface area contributed by atoms with Gasteiger partial charge in [-0.3, -0.25) is 0 Å². The fraction of sp³-hybridized carbons (Fsp3) is 0.158. The van der Waals surface area contributed by atoms with E-state index in [0.717, 1.165) is 50.9 Å². The van der Waals surface area contributed by atoms with Crippen LogP contribution in [0.1, 0.15) is 24.0 Å². The topological polar surface area (TPSA) is 9.23 Å². The Balaban J connectivity index is 2.03. The molecular weight excluding hydrogens is 315 g/mol. The van der Waals surface area contributed by atoms with Crippen LogP contribution in [-0.4, -0.2) is 7.11 Å². The van der Waals surface area contributed by atoms with Crippen LogP contribution in [0.2, 0.25) is 5.02 Å². The molecule has 0 radical (unpaired) electrons. The minimum absolute atomic E-state index is 0.725. The van der Waals surface area contributed by atoms with Crippen LogP contribution in [0.5, 0.6) is 5.75 Å². The van der Waals surface area contributed by atoms with Gasteiger partial charge in [0, 0.05) is 10.6 Å². The maximum Gasteiger partial charge on any atom is 0.118 e. The Kier molecular flexibility index (Phi) is 4.56. The monoisotopic (exact) mass is 330 g/mol. The third kappa shape index (κ3) is 2.92. The average molecular weight is 331 g/mol. The van der Waals surface area contributed by atoms with Crippen LogP contribution >= 0.6 is 23.2 Å². The van der Waals surface area contributed by atoms with Gasteiger partial charge in [0.15, 0.2) is 0 Å². The van der Waals surface area contributed by atoms with E-state index in [0.29, 0.717) is 0 Å². The van der Waals surface area contributed by atoms with Crippen LogP contribution in [-0.2, 0) is 0 Å². The number of rotatable bonds is 3. The summed E-state index contributed by atoms with van der Waals surface area (Å²) in [5.41, 5.74) is 4.29. The number of allylic oxidation sites excluding steroid dienone is 4. The molecule has 0 N–H and O–H groups in total. The Morgan fingerprint density at radius 2 is 1.68 bits per heavy atom. The van der Waals surface area contributed by atoms with Gasteiger partial charge in [-0.05, 0) is 47.8 Å². The highest BCUT2D eigenvalue weighted by Gasteiger charge is 2.18. The smallest absolute Gasteiger partial charge is 0.118 e. The van der Waals surface area contributed by atoms with E-state index in [2.05, 4.69) is 6.08 Å². The van der Waals surface area contributed by atoms with E-state index < -0.39 is 0 Å². The second-order valence-electron chi connectivity index (χ2n) is 5.16. The first-order chi connectivity index (χ1) is 10.7. The van der Waals surface area contributed by atoms with Crippen LogP contribution in [0, 0.1) is 0 Å². The molecule has 1 aliphatic carbocycles. The molecule has 3 heteroatoms. The summed E-state index contributed by atoms with van der Waals surface area (Å²) in [7, 11) is 1.67. The molecule has 0 fully saturated rings. The molecular formula is C19H16Cl2O. The highest BCUT2D eigenvalue weighted by Crippen LogP contribution is 2.41. The SMILES string of the molecule is COc1ccc(C2=C(Cl)C(c3ccccc3Cl)=CCC2)cc1. The van der Waals surface area contributed by atoms with Crippen molar-refractivity contribution in [2.75, 3.05) is 7.11 Å². The van der Waals surface area contributed by atoms with Crippen molar-refractivity contribution in [2.45, 2.75) is 12.8 Å². The standard InChI is InChI=1S/C19H16Cl2O/c1-22-14-11-9-13(10-12-14)15-6-4-7-17(19(15)21)16-5-2-3-8-18(16)20/h2-3,5,7-12H,4,6H2,1H3. The van der Waals surface area contributed by atoms with Gasteiger partial charge < -0.3 is 4.74 Å². The summed E-state index contributed by atoms with van der Waals surface area (Å²) in [6.07, 6.45) is 4.05. The number of halogens is 2. The van der Waals surface area contributed by atoms with E-state index in [1.807, 2.05) is 48.5 Å². The molecule has 0 aromatic heterocycles. The lowest BCUT2D eigenvalue weighted by molar-refractivity contribution is 0.415. The van der Waals surface area contributed by atoms with Gasteiger partial charge >= 0.3 is 0 Å². The molecule has 22 heavy (non-hydrogen) atoms. The number of ether oxygens (including phenoxy) is 1. The van der Waals surface area contributed by atoms with E-state index in [-0.39, 0.29) is 0 Å². The number of methoxy groups -OCH3 is 1. The Morgan fingerprint density at radius 3 is 2.36 bits per heavy atom. The minimum Gasteiger partial charge on any atom is -0.497 e. The molecule has 0 atom stereocenters. The van der Waals surface area contributed by atoms with Gasteiger partial charge in [-0.25, -0.2) is 0 Å². The van der Waals surface area contributed by atoms with Crippen LogP contribution in [0.3, 0.4) is 0 Å². The maximum absolute atomic E-state index is 6.68. The fourth-order valence-electron chi connectivity index (χ4n) is 2.69. The van der Waals surface area contributed by atoms with Crippen molar-refractivity contribution in [1.82, 2.24) is 0 Å². The van der Waals surface area contributed by atoms with Crippen molar-refractivity contribution < 1.29 is 4.74 Å². The van der Waals surface area contributed by atoms with Crippen molar-refractivity contribution in [2.24, 2.45) is 0 Å². The van der Waals surface area contributed by atoms with E-state index in [9.17, 15) is 0 Å². The fourth-order valence-corrected chi connectivity index (χ4v) is 3.31. The normalized spacial score (nSPS) is 14.8. The third-order valence-corrected chi connectivity index (χ3v) is 4.61. The molecule has 1 nitrogen and oxygen atoms in total. The second kappa shape index (κ2) is 6.60. The molecule has 0 saturated heterocycles. The van der Waals surface area contributed by atoms with Crippen molar-refractivity contribution in [3.8, 4) is 5.75 Å². The van der Waals surface area contributed by atoms with Crippen LogP contribution in [0.15, 0.2) is 59.6 Å². The van der Waals surface area contributed by atoms with Gasteiger partial charge in [0.2, 0.25) is 0 Å². The molecule has 3 rings (SSSR count). The summed E-state index contributed by atoms with van der Waals surface area (Å²) in [4.78, 5) is 0. The first-order valence-electron chi connectivity index (χ1n) is 7.19. The minimum atomic E-state index is 0.725. The summed E-state index contributed by atoms with van der Waals surface area (Å²) in [5.74, 6) is 0.846. The van der Waals surface area contributed by atoms with Gasteiger partial charge in [0.25, 0.3) is 0 Å². The molecule has 0 saturated carbocycles. The molecule has 0 aliphatic heterocycles. The molecule has 112 valence electrons. The van der Waals surface area contributed by atoms with Gasteiger partial charge in [-0.1, -0.05) is 59.6 Å². The van der Waals surface area contributed by atoms with Crippen LogP contribution in [0.4, 0.5) is 0 Å². The Morgan fingerprint density at radius 1 is 0.955 bits per heavy atom. The zero-order chi connectivity index (χ0) is 15.5. The lowest BCUT2D eigenvalue weighted by Crippen LogP contribution is -1.98. The summed E-state index contributed by atoms with van der Waals surface area (Å²) in [5, 5.41) is 1.51. The highest BCUT2D eigenvalue weighted by molar-refractivity contribution is 6.41. The van der Waals surface area contributed by atoms with E-state index >= 15 is 0 Å². The lowest BCUT2D eigenvalue weighted by atomic mass is 9.90.